The fourth-order valence-electron chi connectivity index (χ4n) is 3.14. The molecule has 3 heteroatoms. The highest BCUT2D eigenvalue weighted by Gasteiger charge is 2.33. The number of hydrogen-bond donors (Lipinski definition) is 1. The van der Waals surface area contributed by atoms with E-state index in [0.29, 0.717) is 22.9 Å². The zero-order chi connectivity index (χ0) is 13.3. The van der Waals surface area contributed by atoms with Crippen molar-refractivity contribution in [1.29, 1.82) is 0 Å². The maximum absolute atomic E-state index is 6.04. The zero-order valence-corrected chi connectivity index (χ0v) is 11.9. The Morgan fingerprint density at radius 3 is 2.72 bits per heavy atom. The Balaban J connectivity index is 2.11. The molecule has 2 unspecified atom stereocenters. The van der Waals surface area contributed by atoms with Gasteiger partial charge in [-0.15, -0.1) is 0 Å². The standard InChI is InChI=1S/C15H24N2O/c1-10-7-12(9-15(3,4)8-10)18-14-13(16)6-5-11(2)17-14/h5-6,10,12H,7-9,16H2,1-4H3. The van der Waals surface area contributed by atoms with Gasteiger partial charge in [0.1, 0.15) is 6.10 Å². The monoisotopic (exact) mass is 248 g/mol. The molecule has 1 aliphatic carbocycles. The summed E-state index contributed by atoms with van der Waals surface area (Å²) in [6.07, 6.45) is 3.68. The Hall–Kier alpha value is -1.25. The van der Waals surface area contributed by atoms with Gasteiger partial charge in [0.25, 0.3) is 0 Å². The van der Waals surface area contributed by atoms with Crippen molar-refractivity contribution in [1.82, 2.24) is 4.98 Å². The van der Waals surface area contributed by atoms with Gasteiger partial charge in [0.15, 0.2) is 0 Å². The molecule has 1 aliphatic rings. The number of ether oxygens (including phenoxy) is 1. The molecule has 1 saturated carbocycles. The van der Waals surface area contributed by atoms with Crippen LogP contribution in [-0.4, -0.2) is 11.1 Å². The second-order valence-electron chi connectivity index (χ2n) is 6.50. The van der Waals surface area contributed by atoms with Crippen molar-refractivity contribution in [2.75, 3.05) is 5.73 Å². The summed E-state index contributed by atoms with van der Waals surface area (Å²) in [4.78, 5) is 4.39. The van der Waals surface area contributed by atoms with Crippen LogP contribution >= 0.6 is 0 Å². The molecule has 0 amide bonds. The van der Waals surface area contributed by atoms with Crippen LogP contribution in [0.15, 0.2) is 12.1 Å². The third-order valence-electron chi connectivity index (χ3n) is 3.65. The van der Waals surface area contributed by atoms with Crippen molar-refractivity contribution < 1.29 is 4.74 Å². The van der Waals surface area contributed by atoms with Crippen molar-refractivity contribution in [3.63, 3.8) is 0 Å². The number of pyridine rings is 1. The second-order valence-corrected chi connectivity index (χ2v) is 6.50. The first-order valence-corrected chi connectivity index (χ1v) is 6.75. The maximum Gasteiger partial charge on any atom is 0.237 e. The third kappa shape index (κ3) is 3.15. The van der Waals surface area contributed by atoms with Gasteiger partial charge >= 0.3 is 0 Å². The lowest BCUT2D eigenvalue weighted by molar-refractivity contribution is 0.0537. The van der Waals surface area contributed by atoms with Crippen LogP contribution in [0.4, 0.5) is 5.69 Å². The number of aryl methyl sites for hydroxylation is 1. The number of hydrogen-bond acceptors (Lipinski definition) is 3. The molecular formula is C15H24N2O. The zero-order valence-electron chi connectivity index (χ0n) is 11.9. The van der Waals surface area contributed by atoms with Crippen LogP contribution in [0.1, 0.15) is 45.7 Å². The smallest absolute Gasteiger partial charge is 0.237 e. The van der Waals surface area contributed by atoms with Gasteiger partial charge in [0.05, 0.1) is 5.69 Å². The van der Waals surface area contributed by atoms with Crippen molar-refractivity contribution >= 4 is 5.69 Å². The lowest BCUT2D eigenvalue weighted by Gasteiger charge is -2.38. The number of anilines is 1. The molecule has 1 aromatic heterocycles. The Morgan fingerprint density at radius 2 is 2.06 bits per heavy atom. The molecule has 100 valence electrons. The van der Waals surface area contributed by atoms with E-state index in [4.69, 9.17) is 10.5 Å². The van der Waals surface area contributed by atoms with E-state index in [1.54, 1.807) is 0 Å². The molecule has 2 N–H and O–H groups in total. The highest BCUT2D eigenvalue weighted by Crippen LogP contribution is 2.40. The first kappa shape index (κ1) is 13.2. The normalized spacial score (nSPS) is 26.9. The minimum absolute atomic E-state index is 0.236. The first-order chi connectivity index (χ1) is 8.35. The van der Waals surface area contributed by atoms with E-state index < -0.39 is 0 Å². The second kappa shape index (κ2) is 4.79. The van der Waals surface area contributed by atoms with Crippen LogP contribution in [0, 0.1) is 18.3 Å². The van der Waals surface area contributed by atoms with Gasteiger partial charge in [-0.3, -0.25) is 0 Å². The summed E-state index contributed by atoms with van der Waals surface area (Å²) in [5.74, 6) is 1.30. The molecule has 2 atom stereocenters. The topological polar surface area (TPSA) is 48.1 Å². The number of rotatable bonds is 2. The number of aromatic nitrogens is 1. The maximum atomic E-state index is 6.04. The van der Waals surface area contributed by atoms with Crippen LogP contribution in [0.2, 0.25) is 0 Å². The van der Waals surface area contributed by atoms with E-state index in [2.05, 4.69) is 25.8 Å². The van der Waals surface area contributed by atoms with E-state index >= 15 is 0 Å². The van der Waals surface area contributed by atoms with Gasteiger partial charge in [-0.25, -0.2) is 4.98 Å². The molecule has 0 spiro atoms. The molecule has 18 heavy (non-hydrogen) atoms. The quantitative estimate of drug-likeness (QED) is 0.870. The van der Waals surface area contributed by atoms with Gasteiger partial charge in [-0.1, -0.05) is 20.8 Å². The summed E-state index contributed by atoms with van der Waals surface area (Å²) in [5, 5.41) is 0. The van der Waals surface area contributed by atoms with Crippen molar-refractivity contribution in [3.8, 4) is 5.88 Å². The summed E-state index contributed by atoms with van der Waals surface area (Å²) in [5.41, 5.74) is 7.85. The van der Waals surface area contributed by atoms with Crippen molar-refractivity contribution in [3.05, 3.63) is 17.8 Å². The van der Waals surface area contributed by atoms with Crippen molar-refractivity contribution in [2.24, 2.45) is 11.3 Å². The Morgan fingerprint density at radius 1 is 1.33 bits per heavy atom. The molecule has 0 radical (unpaired) electrons. The summed E-state index contributed by atoms with van der Waals surface area (Å²) < 4.78 is 6.04. The van der Waals surface area contributed by atoms with E-state index in [0.717, 1.165) is 18.5 Å². The molecule has 0 aromatic carbocycles. The predicted molar refractivity (Wildman–Crippen MR) is 74.6 cm³/mol. The van der Waals surface area contributed by atoms with Gasteiger partial charge in [-0.2, -0.15) is 0 Å². The molecular weight excluding hydrogens is 224 g/mol. The van der Waals surface area contributed by atoms with Crippen LogP contribution in [0.3, 0.4) is 0 Å². The SMILES string of the molecule is Cc1ccc(N)c(OC2CC(C)CC(C)(C)C2)n1. The summed E-state index contributed by atoms with van der Waals surface area (Å²) in [7, 11) is 0. The van der Waals surface area contributed by atoms with E-state index in [-0.39, 0.29) is 6.10 Å². The van der Waals surface area contributed by atoms with Crippen LogP contribution < -0.4 is 10.5 Å². The first-order valence-electron chi connectivity index (χ1n) is 6.75. The van der Waals surface area contributed by atoms with Crippen LogP contribution in [-0.2, 0) is 0 Å². The summed E-state index contributed by atoms with van der Waals surface area (Å²) >= 11 is 0. The average molecular weight is 248 g/mol. The van der Waals surface area contributed by atoms with E-state index in [1.807, 2.05) is 19.1 Å². The average Bonchev–Trinajstić information content (AvgIpc) is 2.20. The number of nitrogens with two attached hydrogens (primary N) is 1. The summed E-state index contributed by atoms with van der Waals surface area (Å²) in [6, 6.07) is 3.78. The molecule has 1 aromatic rings. The number of nitrogens with zero attached hydrogens (tertiary/aromatic N) is 1. The third-order valence-corrected chi connectivity index (χ3v) is 3.65. The molecule has 0 saturated heterocycles. The molecule has 0 aliphatic heterocycles. The lowest BCUT2D eigenvalue weighted by atomic mass is 9.71. The van der Waals surface area contributed by atoms with Crippen LogP contribution in [0.5, 0.6) is 5.88 Å². The minimum atomic E-state index is 0.236. The fraction of sp³-hybridized carbons (Fsp3) is 0.667. The van der Waals surface area contributed by atoms with Gasteiger partial charge in [-0.05, 0) is 49.7 Å². The van der Waals surface area contributed by atoms with Crippen LogP contribution in [0.25, 0.3) is 0 Å². The van der Waals surface area contributed by atoms with E-state index in [1.165, 1.54) is 6.42 Å². The fourth-order valence-corrected chi connectivity index (χ4v) is 3.14. The molecule has 0 bridgehead atoms. The van der Waals surface area contributed by atoms with Gasteiger partial charge < -0.3 is 10.5 Å². The Labute approximate surface area is 110 Å². The molecule has 3 nitrogen and oxygen atoms in total. The predicted octanol–water partition coefficient (Wildman–Crippen LogP) is 3.57. The highest BCUT2D eigenvalue weighted by atomic mass is 16.5. The number of nitrogen functional groups attached to an aromatic ring is 1. The van der Waals surface area contributed by atoms with Gasteiger partial charge in [0, 0.05) is 5.69 Å². The summed E-state index contributed by atoms with van der Waals surface area (Å²) in [6.45, 7) is 8.88. The largest absolute Gasteiger partial charge is 0.473 e. The Bertz CT molecular complexity index is 429. The molecule has 2 rings (SSSR count). The Kier molecular flexibility index (Phi) is 3.51. The van der Waals surface area contributed by atoms with Gasteiger partial charge in [0.2, 0.25) is 5.88 Å². The minimum Gasteiger partial charge on any atom is -0.473 e. The molecule has 1 heterocycles. The highest BCUT2D eigenvalue weighted by molar-refractivity contribution is 5.48. The lowest BCUT2D eigenvalue weighted by Crippen LogP contribution is -2.34. The van der Waals surface area contributed by atoms with Crippen molar-refractivity contribution in [2.45, 2.75) is 53.1 Å². The molecule has 1 fully saturated rings. The van der Waals surface area contributed by atoms with E-state index in [9.17, 15) is 0 Å².